The van der Waals surface area contributed by atoms with Gasteiger partial charge in [-0.1, -0.05) is 48.0 Å². The minimum atomic E-state index is -0.00128. The SMILES string of the molecule is Cc1ccc(C(C)C)c(Oc2ccc(C(C)N)c(Br)c2)c1. The zero-order valence-corrected chi connectivity index (χ0v) is 14.6. The summed E-state index contributed by atoms with van der Waals surface area (Å²) in [6.07, 6.45) is 0. The van der Waals surface area contributed by atoms with Crippen molar-refractivity contribution in [2.75, 3.05) is 0 Å². The second kappa shape index (κ2) is 6.63. The van der Waals surface area contributed by atoms with Gasteiger partial charge in [0.2, 0.25) is 0 Å². The van der Waals surface area contributed by atoms with Crippen molar-refractivity contribution < 1.29 is 4.74 Å². The summed E-state index contributed by atoms with van der Waals surface area (Å²) >= 11 is 3.56. The highest BCUT2D eigenvalue weighted by Crippen LogP contribution is 2.34. The Labute approximate surface area is 135 Å². The van der Waals surface area contributed by atoms with Crippen LogP contribution in [-0.4, -0.2) is 0 Å². The topological polar surface area (TPSA) is 35.2 Å². The van der Waals surface area contributed by atoms with Crippen molar-refractivity contribution in [3.05, 3.63) is 57.6 Å². The Morgan fingerprint density at radius 2 is 1.67 bits per heavy atom. The monoisotopic (exact) mass is 347 g/mol. The molecular weight excluding hydrogens is 326 g/mol. The van der Waals surface area contributed by atoms with Crippen molar-refractivity contribution in [3.8, 4) is 11.5 Å². The number of aryl methyl sites for hydroxylation is 1. The number of ether oxygens (including phenoxy) is 1. The molecule has 0 radical (unpaired) electrons. The smallest absolute Gasteiger partial charge is 0.131 e. The Morgan fingerprint density at radius 3 is 2.24 bits per heavy atom. The molecular formula is C18H22BrNO. The molecule has 0 saturated carbocycles. The zero-order valence-electron chi connectivity index (χ0n) is 13.0. The minimum Gasteiger partial charge on any atom is -0.457 e. The normalized spacial score (nSPS) is 12.5. The summed E-state index contributed by atoms with van der Waals surface area (Å²) in [5.41, 5.74) is 9.42. The first-order valence-electron chi connectivity index (χ1n) is 7.22. The van der Waals surface area contributed by atoms with Gasteiger partial charge in [-0.2, -0.15) is 0 Å². The van der Waals surface area contributed by atoms with E-state index >= 15 is 0 Å². The van der Waals surface area contributed by atoms with Gasteiger partial charge in [-0.05, 0) is 54.7 Å². The van der Waals surface area contributed by atoms with E-state index in [2.05, 4.69) is 54.9 Å². The molecule has 0 aliphatic carbocycles. The Hall–Kier alpha value is -1.32. The predicted octanol–water partition coefficient (Wildman–Crippen LogP) is 5.69. The largest absolute Gasteiger partial charge is 0.457 e. The first-order valence-corrected chi connectivity index (χ1v) is 8.01. The van der Waals surface area contributed by atoms with E-state index in [1.54, 1.807) is 0 Å². The van der Waals surface area contributed by atoms with E-state index in [0.717, 1.165) is 21.5 Å². The molecule has 0 aliphatic rings. The maximum absolute atomic E-state index is 6.10. The minimum absolute atomic E-state index is 0.00128. The lowest BCUT2D eigenvalue weighted by atomic mass is 10.0. The van der Waals surface area contributed by atoms with Crippen molar-refractivity contribution in [1.29, 1.82) is 0 Å². The first-order chi connectivity index (χ1) is 9.88. The van der Waals surface area contributed by atoms with Crippen molar-refractivity contribution in [2.24, 2.45) is 5.73 Å². The van der Waals surface area contributed by atoms with Gasteiger partial charge in [0, 0.05) is 10.5 Å². The van der Waals surface area contributed by atoms with Gasteiger partial charge in [0.05, 0.1) is 0 Å². The van der Waals surface area contributed by atoms with Gasteiger partial charge in [-0.15, -0.1) is 0 Å². The Balaban J connectivity index is 2.34. The Kier molecular flexibility index (Phi) is 5.07. The van der Waals surface area contributed by atoms with Crippen molar-refractivity contribution >= 4 is 15.9 Å². The third kappa shape index (κ3) is 3.86. The molecule has 1 unspecified atom stereocenters. The predicted molar refractivity (Wildman–Crippen MR) is 92.1 cm³/mol. The summed E-state index contributed by atoms with van der Waals surface area (Å²) in [6.45, 7) is 8.39. The number of benzene rings is 2. The lowest BCUT2D eigenvalue weighted by Gasteiger charge is -2.16. The third-order valence-electron chi connectivity index (χ3n) is 3.48. The van der Waals surface area contributed by atoms with E-state index < -0.39 is 0 Å². The molecule has 0 saturated heterocycles. The van der Waals surface area contributed by atoms with E-state index in [4.69, 9.17) is 10.5 Å². The number of hydrogen-bond acceptors (Lipinski definition) is 2. The maximum atomic E-state index is 6.10. The molecule has 2 aromatic rings. The summed E-state index contributed by atoms with van der Waals surface area (Å²) in [6, 6.07) is 12.3. The summed E-state index contributed by atoms with van der Waals surface area (Å²) in [5, 5.41) is 0. The summed E-state index contributed by atoms with van der Waals surface area (Å²) in [7, 11) is 0. The molecule has 0 fully saturated rings. The van der Waals surface area contributed by atoms with Gasteiger partial charge in [-0.3, -0.25) is 0 Å². The first kappa shape index (κ1) is 16.1. The van der Waals surface area contributed by atoms with Crippen molar-refractivity contribution in [3.63, 3.8) is 0 Å². The summed E-state index contributed by atoms with van der Waals surface area (Å²) < 4.78 is 7.08. The Morgan fingerprint density at radius 1 is 1.00 bits per heavy atom. The molecule has 2 N–H and O–H groups in total. The second-order valence-electron chi connectivity index (χ2n) is 5.77. The highest BCUT2D eigenvalue weighted by Gasteiger charge is 2.11. The average molecular weight is 348 g/mol. The molecule has 2 aromatic carbocycles. The van der Waals surface area contributed by atoms with Crippen LogP contribution in [0.15, 0.2) is 40.9 Å². The fraction of sp³-hybridized carbons (Fsp3) is 0.333. The lowest BCUT2D eigenvalue weighted by Crippen LogP contribution is -2.05. The van der Waals surface area contributed by atoms with Crippen molar-refractivity contribution in [2.45, 2.75) is 39.7 Å². The van der Waals surface area contributed by atoms with E-state index in [1.165, 1.54) is 11.1 Å². The van der Waals surface area contributed by atoms with Crippen LogP contribution in [0, 0.1) is 6.92 Å². The quantitative estimate of drug-likeness (QED) is 0.770. The molecule has 0 heterocycles. The van der Waals surface area contributed by atoms with E-state index in [1.807, 2.05) is 25.1 Å². The van der Waals surface area contributed by atoms with Crippen LogP contribution in [0.1, 0.15) is 49.4 Å². The fourth-order valence-electron chi connectivity index (χ4n) is 2.27. The van der Waals surface area contributed by atoms with Gasteiger partial charge >= 0.3 is 0 Å². The van der Waals surface area contributed by atoms with Crippen LogP contribution in [0.3, 0.4) is 0 Å². The van der Waals surface area contributed by atoms with Gasteiger partial charge in [-0.25, -0.2) is 0 Å². The molecule has 3 heteroatoms. The molecule has 1 atom stereocenters. The van der Waals surface area contributed by atoms with Crippen LogP contribution in [-0.2, 0) is 0 Å². The molecule has 0 bridgehead atoms. The number of hydrogen-bond donors (Lipinski definition) is 1. The molecule has 2 rings (SSSR count). The number of rotatable bonds is 4. The lowest BCUT2D eigenvalue weighted by molar-refractivity contribution is 0.472. The fourth-order valence-corrected chi connectivity index (χ4v) is 2.99. The molecule has 0 amide bonds. The zero-order chi connectivity index (χ0) is 15.6. The molecule has 0 aromatic heterocycles. The van der Waals surface area contributed by atoms with Gasteiger partial charge in [0.15, 0.2) is 0 Å². The molecule has 21 heavy (non-hydrogen) atoms. The number of halogens is 1. The van der Waals surface area contributed by atoms with E-state index in [0.29, 0.717) is 5.92 Å². The second-order valence-corrected chi connectivity index (χ2v) is 6.62. The van der Waals surface area contributed by atoms with E-state index in [-0.39, 0.29) is 6.04 Å². The van der Waals surface area contributed by atoms with Crippen LogP contribution in [0.25, 0.3) is 0 Å². The van der Waals surface area contributed by atoms with Crippen LogP contribution < -0.4 is 10.5 Å². The summed E-state index contributed by atoms with van der Waals surface area (Å²) in [5.74, 6) is 2.16. The molecule has 2 nitrogen and oxygen atoms in total. The summed E-state index contributed by atoms with van der Waals surface area (Å²) in [4.78, 5) is 0. The highest BCUT2D eigenvalue weighted by molar-refractivity contribution is 9.10. The van der Waals surface area contributed by atoms with Gasteiger partial charge in [0.1, 0.15) is 11.5 Å². The highest BCUT2D eigenvalue weighted by atomic mass is 79.9. The maximum Gasteiger partial charge on any atom is 0.131 e. The van der Waals surface area contributed by atoms with Crippen LogP contribution in [0.4, 0.5) is 0 Å². The average Bonchev–Trinajstić information content (AvgIpc) is 2.37. The van der Waals surface area contributed by atoms with Crippen LogP contribution in [0.5, 0.6) is 11.5 Å². The van der Waals surface area contributed by atoms with Crippen molar-refractivity contribution in [1.82, 2.24) is 0 Å². The third-order valence-corrected chi connectivity index (χ3v) is 4.17. The van der Waals surface area contributed by atoms with E-state index in [9.17, 15) is 0 Å². The van der Waals surface area contributed by atoms with Gasteiger partial charge < -0.3 is 10.5 Å². The standard InChI is InChI=1S/C18H22BrNO/c1-11(2)15-7-5-12(3)9-18(15)21-14-6-8-16(13(4)20)17(19)10-14/h5-11,13H,20H2,1-4H3. The molecule has 112 valence electrons. The molecule has 0 spiro atoms. The van der Waals surface area contributed by atoms with Crippen LogP contribution >= 0.6 is 15.9 Å². The van der Waals surface area contributed by atoms with Gasteiger partial charge in [0.25, 0.3) is 0 Å². The Bertz CT molecular complexity index is 635. The van der Waals surface area contributed by atoms with Crippen LogP contribution in [0.2, 0.25) is 0 Å². The molecule has 0 aliphatic heterocycles. The number of nitrogens with two attached hydrogens (primary N) is 1.